The topological polar surface area (TPSA) is 44.2 Å². The van der Waals surface area contributed by atoms with Crippen LogP contribution in [-0.4, -0.2) is 41.0 Å². The zero-order valence-corrected chi connectivity index (χ0v) is 11.1. The number of methoxy groups -OCH3 is 1. The van der Waals surface area contributed by atoms with Gasteiger partial charge >= 0.3 is 0 Å². The van der Waals surface area contributed by atoms with Crippen LogP contribution in [0.2, 0.25) is 0 Å². The van der Waals surface area contributed by atoms with E-state index in [-0.39, 0.29) is 0 Å². The average molecular weight is 260 g/mol. The number of rotatable bonds is 5. The Morgan fingerprint density at radius 2 is 2.50 bits per heavy atom. The maximum Gasteiger partial charge on any atom is 0.170 e. The molecule has 1 aromatic heterocycles. The van der Waals surface area contributed by atoms with Crippen LogP contribution in [0.25, 0.3) is 0 Å². The zero-order chi connectivity index (χ0) is 11.4. The SMILES string of the molecule is COCCc1nsc(SC2CCOC2C)n1. The lowest BCUT2D eigenvalue weighted by molar-refractivity contribution is 0.127. The maximum atomic E-state index is 5.52. The summed E-state index contributed by atoms with van der Waals surface area (Å²) in [7, 11) is 1.69. The van der Waals surface area contributed by atoms with Crippen LogP contribution in [0.15, 0.2) is 4.34 Å². The maximum absolute atomic E-state index is 5.52. The molecule has 0 saturated carbocycles. The zero-order valence-electron chi connectivity index (χ0n) is 9.51. The highest BCUT2D eigenvalue weighted by molar-refractivity contribution is 8.01. The van der Waals surface area contributed by atoms with Crippen molar-refractivity contribution in [3.63, 3.8) is 0 Å². The molecule has 1 saturated heterocycles. The molecule has 2 rings (SSSR count). The van der Waals surface area contributed by atoms with Crippen LogP contribution in [0.3, 0.4) is 0 Å². The molecule has 2 unspecified atom stereocenters. The summed E-state index contributed by atoms with van der Waals surface area (Å²) in [5.41, 5.74) is 0. The van der Waals surface area contributed by atoms with Crippen LogP contribution < -0.4 is 0 Å². The monoisotopic (exact) mass is 260 g/mol. The van der Waals surface area contributed by atoms with E-state index in [1.807, 2.05) is 0 Å². The van der Waals surface area contributed by atoms with E-state index in [9.17, 15) is 0 Å². The van der Waals surface area contributed by atoms with Gasteiger partial charge in [0.1, 0.15) is 5.82 Å². The fourth-order valence-corrected chi connectivity index (χ4v) is 3.59. The standard InChI is InChI=1S/C10H16N2O2S2/c1-7-8(3-6-14-7)15-10-11-9(12-16-10)4-5-13-2/h7-8H,3-6H2,1-2H3. The second-order valence-corrected chi connectivity index (χ2v) is 5.98. The molecule has 0 radical (unpaired) electrons. The van der Waals surface area contributed by atoms with Crippen molar-refractivity contribution in [2.24, 2.45) is 0 Å². The van der Waals surface area contributed by atoms with E-state index < -0.39 is 0 Å². The largest absolute Gasteiger partial charge is 0.384 e. The Hall–Kier alpha value is -0.170. The third kappa shape index (κ3) is 3.16. The van der Waals surface area contributed by atoms with Gasteiger partial charge in [-0.15, -0.1) is 0 Å². The highest BCUT2D eigenvalue weighted by Crippen LogP contribution is 2.33. The van der Waals surface area contributed by atoms with Crippen molar-refractivity contribution in [2.45, 2.75) is 35.5 Å². The molecule has 0 N–H and O–H groups in total. The Morgan fingerprint density at radius 1 is 1.62 bits per heavy atom. The molecule has 6 heteroatoms. The van der Waals surface area contributed by atoms with E-state index in [1.54, 1.807) is 18.9 Å². The van der Waals surface area contributed by atoms with Crippen molar-refractivity contribution in [3.05, 3.63) is 5.82 Å². The molecular formula is C10H16N2O2S2. The molecule has 0 amide bonds. The summed E-state index contributed by atoms with van der Waals surface area (Å²) in [6, 6.07) is 0. The first kappa shape index (κ1) is 12.3. The first-order valence-electron chi connectivity index (χ1n) is 5.39. The van der Waals surface area contributed by atoms with E-state index in [4.69, 9.17) is 9.47 Å². The number of hydrogen-bond acceptors (Lipinski definition) is 6. The van der Waals surface area contributed by atoms with Gasteiger partial charge in [0.25, 0.3) is 0 Å². The molecule has 0 spiro atoms. The van der Waals surface area contributed by atoms with Crippen molar-refractivity contribution < 1.29 is 9.47 Å². The summed E-state index contributed by atoms with van der Waals surface area (Å²) in [4.78, 5) is 4.48. The van der Waals surface area contributed by atoms with Crippen LogP contribution in [0.5, 0.6) is 0 Å². The molecular weight excluding hydrogens is 244 g/mol. The van der Waals surface area contributed by atoms with Gasteiger partial charge in [-0.25, -0.2) is 4.98 Å². The van der Waals surface area contributed by atoms with Crippen LogP contribution in [0.4, 0.5) is 0 Å². The summed E-state index contributed by atoms with van der Waals surface area (Å²) < 4.78 is 15.9. The van der Waals surface area contributed by atoms with Crippen molar-refractivity contribution in [1.82, 2.24) is 9.36 Å². The minimum Gasteiger partial charge on any atom is -0.384 e. The number of thioether (sulfide) groups is 1. The molecule has 4 nitrogen and oxygen atoms in total. The Kier molecular flexibility index (Phi) is 4.57. The highest BCUT2D eigenvalue weighted by atomic mass is 32.2. The minimum absolute atomic E-state index is 0.330. The van der Waals surface area contributed by atoms with Crippen LogP contribution >= 0.6 is 23.3 Å². The van der Waals surface area contributed by atoms with Crippen molar-refractivity contribution in [1.29, 1.82) is 0 Å². The third-order valence-corrected chi connectivity index (χ3v) is 4.81. The lowest BCUT2D eigenvalue weighted by atomic mass is 10.3. The molecule has 90 valence electrons. The van der Waals surface area contributed by atoms with Crippen molar-refractivity contribution >= 4 is 23.3 Å². The van der Waals surface area contributed by atoms with Gasteiger partial charge in [-0.05, 0) is 24.9 Å². The smallest absolute Gasteiger partial charge is 0.170 e. The summed E-state index contributed by atoms with van der Waals surface area (Å²) in [5, 5.41) is 0.531. The molecule has 2 heterocycles. The molecule has 1 aromatic rings. The molecule has 1 aliphatic rings. The average Bonchev–Trinajstić information content (AvgIpc) is 2.87. The molecule has 0 aliphatic carbocycles. The summed E-state index contributed by atoms with van der Waals surface area (Å²) in [5.74, 6) is 0.890. The Morgan fingerprint density at radius 3 is 3.19 bits per heavy atom. The molecule has 1 fully saturated rings. The number of hydrogen-bond donors (Lipinski definition) is 0. The molecule has 2 atom stereocenters. The fourth-order valence-electron chi connectivity index (χ4n) is 1.58. The Labute approximate surface area is 104 Å². The lowest BCUT2D eigenvalue weighted by Gasteiger charge is -2.10. The molecule has 0 aromatic carbocycles. The quantitative estimate of drug-likeness (QED) is 0.810. The van der Waals surface area contributed by atoms with Crippen molar-refractivity contribution in [2.75, 3.05) is 20.3 Å². The summed E-state index contributed by atoms with van der Waals surface area (Å²) in [6.07, 6.45) is 2.24. The van der Waals surface area contributed by atoms with Crippen molar-refractivity contribution in [3.8, 4) is 0 Å². The van der Waals surface area contributed by atoms with E-state index in [0.29, 0.717) is 18.0 Å². The predicted molar refractivity (Wildman–Crippen MR) is 65.2 cm³/mol. The number of aromatic nitrogens is 2. The fraction of sp³-hybridized carbons (Fsp3) is 0.800. The van der Waals surface area contributed by atoms with E-state index in [2.05, 4.69) is 16.3 Å². The normalized spacial score (nSPS) is 25.1. The van der Waals surface area contributed by atoms with E-state index in [1.165, 1.54) is 11.5 Å². The van der Waals surface area contributed by atoms with Gasteiger partial charge in [-0.3, -0.25) is 0 Å². The third-order valence-electron chi connectivity index (χ3n) is 2.54. The second-order valence-electron chi connectivity index (χ2n) is 3.74. The van der Waals surface area contributed by atoms with Gasteiger partial charge in [0.05, 0.1) is 12.7 Å². The number of ether oxygens (including phenoxy) is 2. The Balaban J connectivity index is 1.87. The first-order chi connectivity index (χ1) is 7.79. The molecule has 0 bridgehead atoms. The first-order valence-corrected chi connectivity index (χ1v) is 7.04. The minimum atomic E-state index is 0.330. The molecule has 16 heavy (non-hydrogen) atoms. The van der Waals surface area contributed by atoms with Gasteiger partial charge < -0.3 is 9.47 Å². The predicted octanol–water partition coefficient (Wildman–Crippen LogP) is 2.00. The van der Waals surface area contributed by atoms with Crippen LogP contribution in [0, 0.1) is 0 Å². The summed E-state index contributed by atoms with van der Waals surface area (Å²) in [6.45, 7) is 3.68. The van der Waals surface area contributed by atoms with Crippen LogP contribution in [0.1, 0.15) is 19.2 Å². The van der Waals surface area contributed by atoms with Crippen LogP contribution in [-0.2, 0) is 15.9 Å². The van der Waals surface area contributed by atoms with Gasteiger partial charge in [-0.2, -0.15) is 4.37 Å². The second kappa shape index (κ2) is 5.95. The van der Waals surface area contributed by atoms with E-state index >= 15 is 0 Å². The van der Waals surface area contributed by atoms with Gasteiger partial charge in [0.2, 0.25) is 0 Å². The summed E-state index contributed by atoms with van der Waals surface area (Å²) >= 11 is 3.27. The van der Waals surface area contributed by atoms with Gasteiger partial charge in [0, 0.05) is 25.4 Å². The number of nitrogens with zero attached hydrogens (tertiary/aromatic N) is 2. The van der Waals surface area contributed by atoms with Gasteiger partial charge in [0.15, 0.2) is 4.34 Å². The highest BCUT2D eigenvalue weighted by Gasteiger charge is 2.26. The Bertz CT molecular complexity index is 332. The van der Waals surface area contributed by atoms with E-state index in [0.717, 1.165) is 29.6 Å². The lowest BCUT2D eigenvalue weighted by Crippen LogP contribution is -2.12. The molecule has 1 aliphatic heterocycles. The van der Waals surface area contributed by atoms with Gasteiger partial charge in [-0.1, -0.05) is 11.8 Å².